The van der Waals surface area contributed by atoms with Crippen LogP contribution < -0.4 is 10.6 Å². The van der Waals surface area contributed by atoms with Crippen LogP contribution in [0, 0.1) is 5.92 Å². The Hall–Kier alpha value is -1.60. The van der Waals surface area contributed by atoms with Crippen molar-refractivity contribution in [2.75, 3.05) is 32.1 Å². The number of thiophene rings is 1. The van der Waals surface area contributed by atoms with E-state index >= 15 is 0 Å². The van der Waals surface area contributed by atoms with Crippen molar-refractivity contribution < 1.29 is 14.3 Å². The second-order valence-corrected chi connectivity index (χ2v) is 6.51. The molecule has 0 aromatic carbocycles. The fraction of sp³-hybridized carbons (Fsp3) is 0.600. The van der Waals surface area contributed by atoms with E-state index in [1.807, 2.05) is 24.4 Å². The van der Waals surface area contributed by atoms with Crippen LogP contribution in [-0.4, -0.2) is 49.7 Å². The van der Waals surface area contributed by atoms with E-state index < -0.39 is 0 Å². The molecule has 1 aromatic rings. The topological polar surface area (TPSA) is 70.7 Å². The lowest BCUT2D eigenvalue weighted by Gasteiger charge is -2.32. The van der Waals surface area contributed by atoms with Crippen molar-refractivity contribution in [3.05, 3.63) is 17.5 Å². The third-order valence-corrected chi connectivity index (χ3v) is 4.42. The highest BCUT2D eigenvalue weighted by atomic mass is 32.1. The maximum atomic E-state index is 12.2. The summed E-state index contributed by atoms with van der Waals surface area (Å²) in [4.78, 5) is 26.2. The molecule has 0 aliphatic carbocycles. The smallest absolute Gasteiger partial charge is 0.322 e. The van der Waals surface area contributed by atoms with Gasteiger partial charge in [0.05, 0.1) is 17.5 Å². The maximum Gasteiger partial charge on any atom is 0.322 e. The molecule has 2 atom stereocenters. The standard InChI is InChI=1S/C15H23N3O3S/c1-11(10-21-2)16-14(19)12-5-3-7-18(9-12)15(20)17-13-6-4-8-22-13/h4,6,8,11-12H,3,5,7,9-10H2,1-2H3,(H,16,19)(H,17,20). The van der Waals surface area contributed by atoms with Gasteiger partial charge in [-0.2, -0.15) is 0 Å². The fourth-order valence-corrected chi connectivity index (χ4v) is 3.17. The normalized spacial score (nSPS) is 19.5. The Balaban J connectivity index is 1.85. The van der Waals surface area contributed by atoms with Crippen molar-refractivity contribution in [2.45, 2.75) is 25.8 Å². The van der Waals surface area contributed by atoms with Gasteiger partial charge in [-0.05, 0) is 37.3 Å². The predicted octanol–water partition coefficient (Wildman–Crippen LogP) is 2.14. The summed E-state index contributed by atoms with van der Waals surface area (Å²) in [5, 5.41) is 8.54. The number of methoxy groups -OCH3 is 1. The van der Waals surface area contributed by atoms with Gasteiger partial charge in [0.15, 0.2) is 0 Å². The van der Waals surface area contributed by atoms with Crippen molar-refractivity contribution in [3.8, 4) is 0 Å². The number of hydrogen-bond donors (Lipinski definition) is 2. The Kier molecular flexibility index (Phi) is 6.21. The molecule has 1 saturated heterocycles. The lowest BCUT2D eigenvalue weighted by molar-refractivity contribution is -0.127. The summed E-state index contributed by atoms with van der Waals surface area (Å²) < 4.78 is 5.02. The van der Waals surface area contributed by atoms with Crippen molar-refractivity contribution in [3.63, 3.8) is 0 Å². The molecule has 2 heterocycles. The number of ether oxygens (including phenoxy) is 1. The molecule has 0 saturated carbocycles. The first-order valence-corrected chi connectivity index (χ1v) is 8.37. The number of urea groups is 1. The Labute approximate surface area is 134 Å². The molecule has 122 valence electrons. The molecular weight excluding hydrogens is 302 g/mol. The molecule has 0 bridgehead atoms. The molecule has 0 spiro atoms. The zero-order valence-electron chi connectivity index (χ0n) is 13.0. The van der Waals surface area contributed by atoms with E-state index in [9.17, 15) is 9.59 Å². The van der Waals surface area contributed by atoms with Gasteiger partial charge in [-0.3, -0.25) is 10.1 Å². The third kappa shape index (κ3) is 4.71. The summed E-state index contributed by atoms with van der Waals surface area (Å²) in [6.07, 6.45) is 1.66. The summed E-state index contributed by atoms with van der Waals surface area (Å²) in [7, 11) is 1.61. The molecule has 2 unspecified atom stereocenters. The monoisotopic (exact) mass is 325 g/mol. The average molecular weight is 325 g/mol. The van der Waals surface area contributed by atoms with Crippen molar-refractivity contribution in [1.82, 2.24) is 10.2 Å². The first-order chi connectivity index (χ1) is 10.6. The zero-order chi connectivity index (χ0) is 15.9. The molecule has 2 N–H and O–H groups in total. The van der Waals surface area contributed by atoms with E-state index in [4.69, 9.17) is 4.74 Å². The van der Waals surface area contributed by atoms with E-state index in [1.165, 1.54) is 11.3 Å². The van der Waals surface area contributed by atoms with Crippen molar-refractivity contribution in [2.24, 2.45) is 5.92 Å². The molecule has 6 nitrogen and oxygen atoms in total. The molecule has 3 amide bonds. The van der Waals surface area contributed by atoms with Crippen LogP contribution >= 0.6 is 11.3 Å². The zero-order valence-corrected chi connectivity index (χ0v) is 13.8. The van der Waals surface area contributed by atoms with Crippen molar-refractivity contribution >= 4 is 28.3 Å². The number of anilines is 1. The molecule has 22 heavy (non-hydrogen) atoms. The fourth-order valence-electron chi connectivity index (χ4n) is 2.56. The average Bonchev–Trinajstić information content (AvgIpc) is 3.00. The van der Waals surface area contributed by atoms with Crippen LogP contribution in [-0.2, 0) is 9.53 Å². The van der Waals surface area contributed by atoms with E-state index in [1.54, 1.807) is 12.0 Å². The lowest BCUT2D eigenvalue weighted by atomic mass is 9.97. The first kappa shape index (κ1) is 16.8. The minimum Gasteiger partial charge on any atom is -0.383 e. The quantitative estimate of drug-likeness (QED) is 0.871. The van der Waals surface area contributed by atoms with Crippen LogP contribution in [0.2, 0.25) is 0 Å². The van der Waals surface area contributed by atoms with Gasteiger partial charge in [0.2, 0.25) is 5.91 Å². The number of nitrogens with zero attached hydrogens (tertiary/aromatic N) is 1. The molecule has 1 fully saturated rings. The Morgan fingerprint density at radius 3 is 3.05 bits per heavy atom. The van der Waals surface area contributed by atoms with Crippen molar-refractivity contribution in [1.29, 1.82) is 0 Å². The number of amides is 3. The van der Waals surface area contributed by atoms with Gasteiger partial charge in [0.1, 0.15) is 0 Å². The van der Waals surface area contributed by atoms with Gasteiger partial charge in [-0.1, -0.05) is 0 Å². The van der Waals surface area contributed by atoms with Gasteiger partial charge in [-0.25, -0.2) is 4.79 Å². The van der Waals surface area contributed by atoms with Gasteiger partial charge < -0.3 is 15.0 Å². The second kappa shape index (κ2) is 8.14. The molecule has 1 aliphatic rings. The number of likely N-dealkylation sites (tertiary alicyclic amines) is 1. The van der Waals surface area contributed by atoms with Crippen LogP contribution in [0.3, 0.4) is 0 Å². The number of rotatable bonds is 5. The van der Waals surface area contributed by atoms with Gasteiger partial charge in [0.25, 0.3) is 0 Å². The summed E-state index contributed by atoms with van der Waals surface area (Å²) in [6, 6.07) is 3.60. The molecule has 0 radical (unpaired) electrons. The molecule has 1 aliphatic heterocycles. The lowest BCUT2D eigenvalue weighted by Crippen LogP contribution is -2.48. The minimum atomic E-state index is -0.151. The SMILES string of the molecule is COCC(C)NC(=O)C1CCCN(C(=O)Nc2cccs2)C1. The number of piperidine rings is 1. The summed E-state index contributed by atoms with van der Waals surface area (Å²) in [5.74, 6) is -0.152. The van der Waals surface area contributed by atoms with Crippen LogP contribution in [0.4, 0.5) is 9.80 Å². The van der Waals surface area contributed by atoms with E-state index in [2.05, 4.69) is 10.6 Å². The number of nitrogens with one attached hydrogen (secondary N) is 2. The van der Waals surface area contributed by atoms with E-state index in [0.29, 0.717) is 19.7 Å². The number of carbonyl (C=O) groups excluding carboxylic acids is 2. The molecular formula is C15H23N3O3S. The van der Waals surface area contributed by atoms with Crippen LogP contribution in [0.25, 0.3) is 0 Å². The Morgan fingerprint density at radius 1 is 1.55 bits per heavy atom. The maximum absolute atomic E-state index is 12.2. The summed E-state index contributed by atoms with van der Waals surface area (Å²) in [6.45, 7) is 3.55. The van der Waals surface area contributed by atoms with Gasteiger partial charge in [0, 0.05) is 26.2 Å². The largest absolute Gasteiger partial charge is 0.383 e. The van der Waals surface area contributed by atoms with Crippen LogP contribution in [0.5, 0.6) is 0 Å². The highest BCUT2D eigenvalue weighted by Crippen LogP contribution is 2.20. The van der Waals surface area contributed by atoms with Crippen LogP contribution in [0.1, 0.15) is 19.8 Å². The summed E-state index contributed by atoms with van der Waals surface area (Å²) >= 11 is 1.48. The Morgan fingerprint density at radius 2 is 2.36 bits per heavy atom. The van der Waals surface area contributed by atoms with Gasteiger partial charge >= 0.3 is 6.03 Å². The minimum absolute atomic E-state index is 0.00169. The molecule has 2 rings (SSSR count). The summed E-state index contributed by atoms with van der Waals surface area (Å²) in [5.41, 5.74) is 0. The number of carbonyl (C=O) groups is 2. The first-order valence-electron chi connectivity index (χ1n) is 7.49. The Bertz CT molecular complexity index is 492. The molecule has 1 aromatic heterocycles. The predicted molar refractivity (Wildman–Crippen MR) is 87.1 cm³/mol. The molecule has 7 heteroatoms. The van der Waals surface area contributed by atoms with Gasteiger partial charge in [-0.15, -0.1) is 11.3 Å². The second-order valence-electron chi connectivity index (χ2n) is 5.56. The van der Waals surface area contributed by atoms with E-state index in [0.717, 1.165) is 17.8 Å². The van der Waals surface area contributed by atoms with E-state index in [-0.39, 0.29) is 23.9 Å². The highest BCUT2D eigenvalue weighted by molar-refractivity contribution is 7.14. The number of hydrogen-bond acceptors (Lipinski definition) is 4. The third-order valence-electron chi connectivity index (χ3n) is 3.64. The van der Waals surface area contributed by atoms with Crippen LogP contribution in [0.15, 0.2) is 17.5 Å². The highest BCUT2D eigenvalue weighted by Gasteiger charge is 2.29.